The van der Waals surface area contributed by atoms with Gasteiger partial charge in [0.1, 0.15) is 0 Å². The molecular formula is C14H21N. The second kappa shape index (κ2) is 6.18. The second-order valence-electron chi connectivity index (χ2n) is 3.49. The molecule has 0 fully saturated rings. The van der Waals surface area contributed by atoms with Gasteiger partial charge in [-0.05, 0) is 50.0 Å². The normalized spacial score (nSPS) is 14.7. The molecule has 0 aliphatic carbocycles. The lowest BCUT2D eigenvalue weighted by molar-refractivity contribution is 1.29. The average Bonchev–Trinajstić information content (AvgIpc) is 2.27. The summed E-state index contributed by atoms with van der Waals surface area (Å²) in [5.74, 6) is 0. The summed E-state index contributed by atoms with van der Waals surface area (Å²) in [6.07, 6.45) is 3.85. The van der Waals surface area contributed by atoms with Crippen molar-refractivity contribution in [1.82, 2.24) is 0 Å². The molecule has 15 heavy (non-hydrogen) atoms. The van der Waals surface area contributed by atoms with Crippen molar-refractivity contribution in [3.05, 3.63) is 47.6 Å². The summed E-state index contributed by atoms with van der Waals surface area (Å²) >= 11 is 0. The lowest BCUT2D eigenvalue weighted by Gasteiger charge is -2.11. The van der Waals surface area contributed by atoms with Crippen LogP contribution >= 0.6 is 0 Å². The fourth-order valence-corrected chi connectivity index (χ4v) is 1.30. The van der Waals surface area contributed by atoms with E-state index in [1.807, 2.05) is 26.0 Å². The predicted octanol–water partition coefficient (Wildman–Crippen LogP) is 4.10. The Kier molecular flexibility index (Phi) is 5.61. The zero-order valence-electron chi connectivity index (χ0n) is 10.5. The van der Waals surface area contributed by atoms with E-state index in [1.165, 1.54) is 11.1 Å². The molecule has 1 heteroatoms. The summed E-state index contributed by atoms with van der Waals surface area (Å²) in [7, 11) is 1.80. The van der Waals surface area contributed by atoms with Crippen LogP contribution in [0.1, 0.15) is 27.7 Å². The molecule has 1 nitrogen and oxygen atoms in total. The van der Waals surface area contributed by atoms with Gasteiger partial charge in [0.15, 0.2) is 0 Å². The zero-order valence-corrected chi connectivity index (χ0v) is 10.5. The molecule has 0 aliphatic heterocycles. The van der Waals surface area contributed by atoms with Crippen LogP contribution in [-0.2, 0) is 0 Å². The third-order valence-corrected chi connectivity index (χ3v) is 2.77. The van der Waals surface area contributed by atoms with Gasteiger partial charge in [-0.3, -0.25) is 4.99 Å². The lowest BCUT2D eigenvalue weighted by Crippen LogP contribution is -1.99. The Labute approximate surface area is 93.6 Å². The molecule has 0 aromatic heterocycles. The first-order valence-electron chi connectivity index (χ1n) is 5.09. The molecule has 82 valence electrons. The molecule has 0 rings (SSSR count). The Bertz CT molecular complexity index is 352. The highest BCUT2D eigenvalue weighted by Gasteiger charge is 2.05. The van der Waals surface area contributed by atoms with E-state index in [1.54, 1.807) is 7.05 Å². The van der Waals surface area contributed by atoms with Crippen molar-refractivity contribution in [2.75, 3.05) is 7.05 Å². The van der Waals surface area contributed by atoms with E-state index >= 15 is 0 Å². The molecule has 0 saturated heterocycles. The molecular weight excluding hydrogens is 182 g/mol. The minimum absolute atomic E-state index is 1.02. The largest absolute Gasteiger partial charge is 0.293 e. The summed E-state index contributed by atoms with van der Waals surface area (Å²) in [5.41, 5.74) is 5.51. The van der Waals surface area contributed by atoms with Gasteiger partial charge in [-0.2, -0.15) is 0 Å². The predicted molar refractivity (Wildman–Crippen MR) is 70.5 cm³/mol. The number of hydrogen-bond acceptors (Lipinski definition) is 1. The van der Waals surface area contributed by atoms with Crippen LogP contribution in [0, 0.1) is 0 Å². The van der Waals surface area contributed by atoms with E-state index in [2.05, 4.69) is 32.0 Å². The van der Waals surface area contributed by atoms with Crippen molar-refractivity contribution in [3.63, 3.8) is 0 Å². The molecule has 0 N–H and O–H groups in total. The Morgan fingerprint density at radius 2 is 1.67 bits per heavy atom. The first kappa shape index (κ1) is 13.6. The van der Waals surface area contributed by atoms with Crippen LogP contribution in [0.4, 0.5) is 0 Å². The quantitative estimate of drug-likeness (QED) is 0.482. The lowest BCUT2D eigenvalue weighted by atomic mass is 9.95. The summed E-state index contributed by atoms with van der Waals surface area (Å²) in [5, 5.41) is 0. The molecule has 0 atom stereocenters. The van der Waals surface area contributed by atoms with Crippen LogP contribution in [-0.4, -0.2) is 12.8 Å². The molecule has 0 unspecified atom stereocenters. The van der Waals surface area contributed by atoms with Gasteiger partial charge in [0.2, 0.25) is 0 Å². The Morgan fingerprint density at radius 3 is 2.00 bits per heavy atom. The Hall–Kier alpha value is -1.37. The highest BCUT2D eigenvalue weighted by atomic mass is 14.7. The van der Waals surface area contributed by atoms with Crippen LogP contribution in [0.25, 0.3) is 0 Å². The number of rotatable bonds is 4. The van der Waals surface area contributed by atoms with Gasteiger partial charge in [-0.15, -0.1) is 0 Å². The van der Waals surface area contributed by atoms with Gasteiger partial charge in [-0.25, -0.2) is 0 Å². The summed E-state index contributed by atoms with van der Waals surface area (Å²) in [6, 6.07) is 0. The number of hydrogen-bond donors (Lipinski definition) is 0. The monoisotopic (exact) mass is 203 g/mol. The van der Waals surface area contributed by atoms with Crippen molar-refractivity contribution in [2.24, 2.45) is 4.99 Å². The molecule has 0 amide bonds. The zero-order chi connectivity index (χ0) is 12.0. The number of nitrogens with zero attached hydrogens (tertiary/aromatic N) is 1. The third-order valence-electron chi connectivity index (χ3n) is 2.77. The maximum atomic E-state index is 4.18. The van der Waals surface area contributed by atoms with E-state index in [4.69, 9.17) is 0 Å². The smallest absolute Gasteiger partial charge is 0.0345 e. The minimum Gasteiger partial charge on any atom is -0.293 e. The van der Waals surface area contributed by atoms with Crippen LogP contribution in [0.3, 0.4) is 0 Å². The summed E-state index contributed by atoms with van der Waals surface area (Å²) in [6.45, 7) is 16.0. The van der Waals surface area contributed by atoms with Crippen LogP contribution in [0.5, 0.6) is 0 Å². The van der Waals surface area contributed by atoms with Gasteiger partial charge in [-0.1, -0.05) is 25.3 Å². The average molecular weight is 203 g/mol. The molecule has 0 bridgehead atoms. The SMILES string of the molecule is C=C/C(=C\C)C(=C)/C(C)=C(/C)C(C)=NC. The standard InChI is InChI=1S/C14H21N/c1-8-14(9-2)12(5)10(3)11(4)13(6)15-7/h8-9H,1,5H2,2-4,6-7H3/b11-10-,14-9+,15-13?. The van der Waals surface area contributed by atoms with E-state index in [9.17, 15) is 0 Å². The van der Waals surface area contributed by atoms with Crippen molar-refractivity contribution >= 4 is 5.71 Å². The Balaban J connectivity index is 5.26. The fraction of sp³-hybridized carbons (Fsp3) is 0.357. The Morgan fingerprint density at radius 1 is 1.13 bits per heavy atom. The minimum atomic E-state index is 1.02. The van der Waals surface area contributed by atoms with Crippen molar-refractivity contribution in [3.8, 4) is 0 Å². The summed E-state index contributed by atoms with van der Waals surface area (Å²) < 4.78 is 0. The molecule has 0 radical (unpaired) electrons. The van der Waals surface area contributed by atoms with Crippen LogP contribution < -0.4 is 0 Å². The highest BCUT2D eigenvalue weighted by Crippen LogP contribution is 2.21. The van der Waals surface area contributed by atoms with Gasteiger partial charge in [0.25, 0.3) is 0 Å². The van der Waals surface area contributed by atoms with E-state index < -0.39 is 0 Å². The highest BCUT2D eigenvalue weighted by molar-refractivity contribution is 5.99. The molecule has 0 aliphatic rings. The molecule has 0 aromatic rings. The topological polar surface area (TPSA) is 12.4 Å². The molecule has 0 aromatic carbocycles. The van der Waals surface area contributed by atoms with Gasteiger partial charge in [0, 0.05) is 12.8 Å². The number of aliphatic imine (C=N–C) groups is 1. The van der Waals surface area contributed by atoms with Gasteiger partial charge < -0.3 is 0 Å². The van der Waals surface area contributed by atoms with Crippen LogP contribution in [0.2, 0.25) is 0 Å². The van der Waals surface area contributed by atoms with Gasteiger partial charge >= 0.3 is 0 Å². The maximum absolute atomic E-state index is 4.18. The van der Waals surface area contributed by atoms with Crippen molar-refractivity contribution < 1.29 is 0 Å². The van der Waals surface area contributed by atoms with Crippen molar-refractivity contribution in [2.45, 2.75) is 27.7 Å². The van der Waals surface area contributed by atoms with E-state index in [-0.39, 0.29) is 0 Å². The van der Waals surface area contributed by atoms with E-state index in [0.29, 0.717) is 0 Å². The summed E-state index contributed by atoms with van der Waals surface area (Å²) in [4.78, 5) is 4.18. The second-order valence-corrected chi connectivity index (χ2v) is 3.49. The molecule has 0 spiro atoms. The van der Waals surface area contributed by atoms with Crippen LogP contribution in [0.15, 0.2) is 52.6 Å². The first-order chi connectivity index (χ1) is 6.99. The molecule has 0 heterocycles. The third kappa shape index (κ3) is 3.35. The van der Waals surface area contributed by atoms with Crippen molar-refractivity contribution in [1.29, 1.82) is 0 Å². The first-order valence-corrected chi connectivity index (χ1v) is 5.09. The number of allylic oxidation sites excluding steroid dienone is 6. The maximum Gasteiger partial charge on any atom is 0.0345 e. The molecule has 0 saturated carbocycles. The van der Waals surface area contributed by atoms with E-state index in [0.717, 1.165) is 16.9 Å². The van der Waals surface area contributed by atoms with Gasteiger partial charge in [0.05, 0.1) is 0 Å². The fourth-order valence-electron chi connectivity index (χ4n) is 1.30.